The van der Waals surface area contributed by atoms with Gasteiger partial charge in [-0.1, -0.05) is 11.4 Å². The highest BCUT2D eigenvalue weighted by atomic mass is 32.1. The molecule has 1 aliphatic heterocycles. The van der Waals surface area contributed by atoms with E-state index in [4.69, 9.17) is 0 Å². The third kappa shape index (κ3) is 3.01. The van der Waals surface area contributed by atoms with Crippen LogP contribution in [0.3, 0.4) is 0 Å². The number of amides is 2. The molecule has 2 heterocycles. The van der Waals surface area contributed by atoms with Crippen LogP contribution in [0.15, 0.2) is 0 Å². The van der Waals surface area contributed by atoms with Gasteiger partial charge in [0.25, 0.3) is 0 Å². The van der Waals surface area contributed by atoms with Crippen LogP contribution in [0.5, 0.6) is 0 Å². The van der Waals surface area contributed by atoms with Gasteiger partial charge in [0.05, 0.1) is 13.1 Å². The number of carbonyl (C=O) groups excluding carboxylic acids is 2. The van der Waals surface area contributed by atoms with Crippen molar-refractivity contribution in [1.82, 2.24) is 19.4 Å². The molecule has 0 unspecified atom stereocenters. The largest absolute Gasteiger partial charge is 0.377 e. The molecular weight excluding hydrogens is 266 g/mol. The molecule has 1 aromatic rings. The molecule has 1 aliphatic rings. The first-order valence-electron chi connectivity index (χ1n) is 6.20. The molecule has 1 aromatic heterocycles. The van der Waals surface area contributed by atoms with Gasteiger partial charge in [0.15, 0.2) is 0 Å². The molecule has 0 aromatic carbocycles. The van der Waals surface area contributed by atoms with E-state index in [0.29, 0.717) is 18.8 Å². The monoisotopic (exact) mass is 283 g/mol. The molecule has 0 radical (unpaired) electrons. The number of hydrogen-bond donors (Lipinski definition) is 1. The fraction of sp³-hybridized carbons (Fsp3) is 0.636. The summed E-state index contributed by atoms with van der Waals surface area (Å²) in [6.07, 6.45) is 0.860. The lowest BCUT2D eigenvalue weighted by molar-refractivity contribution is -0.150. The highest BCUT2D eigenvalue weighted by molar-refractivity contribution is 7.10. The Morgan fingerprint density at radius 2 is 1.95 bits per heavy atom. The summed E-state index contributed by atoms with van der Waals surface area (Å²) in [4.78, 5) is 27.1. The van der Waals surface area contributed by atoms with E-state index in [2.05, 4.69) is 14.9 Å². The van der Waals surface area contributed by atoms with Crippen molar-refractivity contribution in [2.24, 2.45) is 0 Å². The molecule has 104 valence electrons. The van der Waals surface area contributed by atoms with Gasteiger partial charge in [0.1, 0.15) is 17.2 Å². The zero-order valence-corrected chi connectivity index (χ0v) is 11.9. The Balaban J connectivity index is 2.02. The molecular formula is C11H17N5O2S. The van der Waals surface area contributed by atoms with Gasteiger partial charge in [0, 0.05) is 25.1 Å². The third-order valence-electron chi connectivity index (χ3n) is 2.97. The second-order valence-corrected chi connectivity index (χ2v) is 5.12. The summed E-state index contributed by atoms with van der Waals surface area (Å²) >= 11 is 1.24. The number of nitrogens with zero attached hydrogens (tertiary/aromatic N) is 4. The molecule has 0 saturated carbocycles. The highest BCUT2D eigenvalue weighted by Gasteiger charge is 2.30. The fourth-order valence-electron chi connectivity index (χ4n) is 2.00. The summed E-state index contributed by atoms with van der Waals surface area (Å²) in [5.41, 5.74) is 0.706. The van der Waals surface area contributed by atoms with Crippen molar-refractivity contribution in [3.05, 3.63) is 5.69 Å². The number of carbonyl (C=O) groups is 2. The lowest BCUT2D eigenvalue weighted by Gasteiger charge is -2.33. The Morgan fingerprint density at radius 1 is 1.26 bits per heavy atom. The van der Waals surface area contributed by atoms with Gasteiger partial charge < -0.3 is 15.1 Å². The van der Waals surface area contributed by atoms with Crippen molar-refractivity contribution in [2.75, 3.05) is 32.0 Å². The van der Waals surface area contributed by atoms with E-state index in [-0.39, 0.29) is 24.9 Å². The van der Waals surface area contributed by atoms with Crippen molar-refractivity contribution < 1.29 is 9.59 Å². The number of anilines is 1. The van der Waals surface area contributed by atoms with E-state index < -0.39 is 0 Å². The first-order chi connectivity index (χ1) is 9.15. The fourth-order valence-corrected chi connectivity index (χ4v) is 2.53. The number of rotatable bonds is 5. The molecule has 1 N–H and O–H groups in total. The lowest BCUT2D eigenvalue weighted by Crippen LogP contribution is -2.53. The van der Waals surface area contributed by atoms with Crippen LogP contribution in [0, 0.1) is 0 Å². The van der Waals surface area contributed by atoms with Crippen LogP contribution in [0.4, 0.5) is 5.00 Å². The number of nitrogens with one attached hydrogen (secondary N) is 1. The first-order valence-corrected chi connectivity index (χ1v) is 6.97. The average molecular weight is 283 g/mol. The SMILES string of the molecule is CCCN1CC(=O)N(Cc2nnsc2NC)CC1=O. The van der Waals surface area contributed by atoms with E-state index in [0.717, 1.165) is 11.4 Å². The van der Waals surface area contributed by atoms with Gasteiger partial charge in [-0.25, -0.2) is 0 Å². The molecule has 1 saturated heterocycles. The second kappa shape index (κ2) is 5.96. The maximum absolute atomic E-state index is 12.0. The van der Waals surface area contributed by atoms with Crippen LogP contribution in [0.1, 0.15) is 19.0 Å². The molecule has 2 rings (SSSR count). The summed E-state index contributed by atoms with van der Waals surface area (Å²) in [5, 5.41) is 7.79. The minimum absolute atomic E-state index is 0.00403. The van der Waals surface area contributed by atoms with Crippen molar-refractivity contribution in [2.45, 2.75) is 19.9 Å². The van der Waals surface area contributed by atoms with Gasteiger partial charge in [-0.15, -0.1) is 5.10 Å². The Hall–Kier alpha value is -1.70. The minimum atomic E-state index is -0.0388. The molecule has 7 nitrogen and oxygen atoms in total. The number of piperazine rings is 1. The van der Waals surface area contributed by atoms with Gasteiger partial charge >= 0.3 is 0 Å². The molecule has 0 aliphatic carbocycles. The molecule has 2 amide bonds. The maximum atomic E-state index is 12.0. The smallest absolute Gasteiger partial charge is 0.243 e. The van der Waals surface area contributed by atoms with Gasteiger partial charge in [0.2, 0.25) is 11.8 Å². The molecule has 0 atom stereocenters. The Labute approximate surface area is 115 Å². The third-order valence-corrected chi connectivity index (χ3v) is 3.76. The summed E-state index contributed by atoms with van der Waals surface area (Å²) in [5.74, 6) is -0.0428. The average Bonchev–Trinajstić information content (AvgIpc) is 2.83. The zero-order chi connectivity index (χ0) is 13.8. The van der Waals surface area contributed by atoms with Crippen LogP contribution in [-0.2, 0) is 16.1 Å². The second-order valence-electron chi connectivity index (χ2n) is 4.36. The van der Waals surface area contributed by atoms with Crippen molar-refractivity contribution in [1.29, 1.82) is 0 Å². The molecule has 19 heavy (non-hydrogen) atoms. The Morgan fingerprint density at radius 3 is 2.63 bits per heavy atom. The summed E-state index contributed by atoms with van der Waals surface area (Å²) in [7, 11) is 1.78. The summed E-state index contributed by atoms with van der Waals surface area (Å²) in [6, 6.07) is 0. The van der Waals surface area contributed by atoms with Gasteiger partial charge in [-0.3, -0.25) is 9.59 Å². The van der Waals surface area contributed by atoms with Crippen molar-refractivity contribution >= 4 is 28.3 Å². The first kappa shape index (κ1) is 13.7. The quantitative estimate of drug-likeness (QED) is 0.833. The van der Waals surface area contributed by atoms with E-state index in [9.17, 15) is 9.59 Å². The van der Waals surface area contributed by atoms with E-state index >= 15 is 0 Å². The van der Waals surface area contributed by atoms with Crippen LogP contribution in [0.2, 0.25) is 0 Å². The van der Waals surface area contributed by atoms with E-state index in [1.54, 1.807) is 11.9 Å². The van der Waals surface area contributed by atoms with Crippen molar-refractivity contribution in [3.8, 4) is 0 Å². The van der Waals surface area contributed by atoms with Crippen molar-refractivity contribution in [3.63, 3.8) is 0 Å². The molecule has 8 heteroatoms. The predicted molar refractivity (Wildman–Crippen MR) is 71.7 cm³/mol. The van der Waals surface area contributed by atoms with Crippen LogP contribution in [0.25, 0.3) is 0 Å². The predicted octanol–water partition coefficient (Wildman–Crippen LogP) is 0.161. The molecule has 0 spiro atoms. The molecule has 0 bridgehead atoms. The Bertz CT molecular complexity index is 475. The normalized spacial score (nSPS) is 16.1. The minimum Gasteiger partial charge on any atom is -0.377 e. The zero-order valence-electron chi connectivity index (χ0n) is 11.0. The highest BCUT2D eigenvalue weighted by Crippen LogP contribution is 2.19. The Kier molecular flexibility index (Phi) is 4.31. The number of aromatic nitrogens is 2. The number of hydrogen-bond acceptors (Lipinski definition) is 6. The van der Waals surface area contributed by atoms with Gasteiger partial charge in [-0.2, -0.15) is 0 Å². The standard InChI is InChI=1S/C11H17N5O2S/c1-3-4-15-6-10(18)16(7-9(15)17)5-8-11(12-2)19-14-13-8/h12H,3-7H2,1-2H3. The van der Waals surface area contributed by atoms with E-state index in [1.807, 2.05) is 6.92 Å². The summed E-state index contributed by atoms with van der Waals surface area (Å²) < 4.78 is 3.84. The van der Waals surface area contributed by atoms with Crippen LogP contribution >= 0.6 is 11.5 Å². The van der Waals surface area contributed by atoms with E-state index in [1.165, 1.54) is 16.4 Å². The van der Waals surface area contributed by atoms with Crippen LogP contribution in [-0.4, -0.2) is 57.9 Å². The topological polar surface area (TPSA) is 78.4 Å². The summed E-state index contributed by atoms with van der Waals surface area (Å²) in [6.45, 7) is 3.25. The maximum Gasteiger partial charge on any atom is 0.243 e. The lowest BCUT2D eigenvalue weighted by atomic mass is 10.2. The van der Waals surface area contributed by atoms with Gasteiger partial charge in [-0.05, 0) is 6.42 Å². The molecule has 1 fully saturated rings. The van der Waals surface area contributed by atoms with Crippen LogP contribution < -0.4 is 5.32 Å².